The Kier molecular flexibility index (Phi) is 14.3. The van der Waals surface area contributed by atoms with E-state index < -0.39 is 83.4 Å². The Morgan fingerprint density at radius 2 is 1.74 bits per heavy atom. The highest BCUT2D eigenvalue weighted by Crippen LogP contribution is 2.43. The number of hydrogen-bond acceptors (Lipinski definition) is 13. The summed E-state index contributed by atoms with van der Waals surface area (Å²) in [5.74, 6) is -3.37. The summed E-state index contributed by atoms with van der Waals surface area (Å²) in [5, 5.41) is 11.4. The van der Waals surface area contributed by atoms with E-state index in [9.17, 15) is 24.3 Å². The average Bonchev–Trinajstić information content (AvgIpc) is 3.64. The van der Waals surface area contributed by atoms with Crippen molar-refractivity contribution >= 4 is 35.4 Å². The summed E-state index contributed by atoms with van der Waals surface area (Å²) < 4.78 is 36.5. The third-order valence-electron chi connectivity index (χ3n) is 11.8. The number of methoxy groups -OCH3 is 1. The second-order valence-electron chi connectivity index (χ2n) is 15.9. The predicted molar refractivity (Wildman–Crippen MR) is 198 cm³/mol. The van der Waals surface area contributed by atoms with Crippen molar-refractivity contribution in [3.8, 4) is 0 Å². The van der Waals surface area contributed by atoms with E-state index in [0.717, 1.165) is 10.7 Å². The molecule has 0 radical (unpaired) electrons. The molecule has 3 aliphatic rings. The number of esters is 1. The summed E-state index contributed by atoms with van der Waals surface area (Å²) in [7, 11) is 5.24. The molecule has 4 rings (SSSR count). The maximum atomic E-state index is 14.6. The number of aliphatic hydroxyl groups excluding tert-OH is 1. The largest absolute Gasteiger partial charge is 0.468 e. The Bertz CT molecular complexity index is 1450. The molecule has 300 valence electrons. The maximum absolute atomic E-state index is 14.6. The van der Waals surface area contributed by atoms with E-state index in [4.69, 9.17) is 28.1 Å². The van der Waals surface area contributed by atoms with Crippen LogP contribution in [0.3, 0.4) is 0 Å². The number of ether oxygens (including phenoxy) is 5. The van der Waals surface area contributed by atoms with E-state index in [1.54, 1.807) is 50.6 Å². The first-order chi connectivity index (χ1) is 24.8. The van der Waals surface area contributed by atoms with E-state index in [1.165, 1.54) is 14.0 Å². The highest BCUT2D eigenvalue weighted by atomic mass is 32.2. The van der Waals surface area contributed by atoms with Crippen LogP contribution in [0.2, 0.25) is 0 Å². The minimum absolute atomic E-state index is 0.138. The van der Waals surface area contributed by atoms with Crippen LogP contribution in [0.5, 0.6) is 0 Å². The number of thioether (sulfide) groups is 1. The van der Waals surface area contributed by atoms with Crippen molar-refractivity contribution in [2.75, 3.05) is 33.5 Å². The predicted octanol–water partition coefficient (Wildman–Crippen LogP) is 5.27. The van der Waals surface area contributed by atoms with Crippen molar-refractivity contribution in [1.29, 1.82) is 0 Å². The van der Waals surface area contributed by atoms with E-state index >= 15 is 0 Å². The van der Waals surface area contributed by atoms with Gasteiger partial charge in [0.1, 0.15) is 29.7 Å². The van der Waals surface area contributed by atoms with Gasteiger partial charge >= 0.3 is 12.1 Å². The van der Waals surface area contributed by atoms with Gasteiger partial charge in [0, 0.05) is 42.3 Å². The van der Waals surface area contributed by atoms with Crippen LogP contribution in [-0.2, 0) is 38.1 Å². The van der Waals surface area contributed by atoms with Gasteiger partial charge in [-0.3, -0.25) is 14.4 Å². The third kappa shape index (κ3) is 8.99. The summed E-state index contributed by atoms with van der Waals surface area (Å²) in [4.78, 5) is 60.9. The molecule has 4 heterocycles. The standard InChI is InChI=1S/C39H62N2O11S/c1-13-29-39(9)33(41(37(46)52-39)16-14-18-53-28-15-17-48-26(28)7)23(4)30(42)21(2)20-38(8,47-12)34(24(5)31(43)25(6)35(45)50-29)51-36-32(44)27(40(10)11)19-22(3)49-36/h15,17,21-25,27,29,32-34,36,44H,13-14,16,18-20H2,1-12H3/t21-,22-,23+,24+,25-,27+,29-,32-,33-,34-,36+,38-,39-/m1/s1. The van der Waals surface area contributed by atoms with Gasteiger partial charge in [-0.15, -0.1) is 11.8 Å². The van der Waals surface area contributed by atoms with Crippen LogP contribution in [0, 0.1) is 30.6 Å². The van der Waals surface area contributed by atoms with Crippen LogP contribution < -0.4 is 0 Å². The number of aliphatic hydroxyl groups is 1. The number of ketones is 2. The van der Waals surface area contributed by atoms with Crippen LogP contribution in [0.1, 0.15) is 86.8 Å². The Hall–Kier alpha value is -2.49. The van der Waals surface area contributed by atoms with Crippen molar-refractivity contribution in [3.05, 3.63) is 18.1 Å². The number of furan rings is 1. The van der Waals surface area contributed by atoms with Gasteiger partial charge < -0.3 is 43.0 Å². The molecule has 0 bridgehead atoms. The van der Waals surface area contributed by atoms with Crippen LogP contribution in [-0.4, -0.2) is 126 Å². The number of Topliss-reactive ketones (excluding diaryl/α,β-unsaturated/α-hetero) is 2. The second kappa shape index (κ2) is 17.5. The summed E-state index contributed by atoms with van der Waals surface area (Å²) in [6, 6.07) is 0.861. The van der Waals surface area contributed by atoms with Crippen LogP contribution in [0.25, 0.3) is 0 Å². The lowest BCUT2D eigenvalue weighted by molar-refractivity contribution is -0.295. The molecular formula is C39H62N2O11S. The highest BCUT2D eigenvalue weighted by Gasteiger charge is 2.60. The number of rotatable bonds is 10. The van der Waals surface area contributed by atoms with Crippen molar-refractivity contribution in [2.45, 2.75) is 147 Å². The topological polar surface area (TPSA) is 154 Å². The summed E-state index contributed by atoms with van der Waals surface area (Å²) in [6.45, 7) is 16.2. The Morgan fingerprint density at radius 1 is 1.06 bits per heavy atom. The molecule has 1 amide bonds. The summed E-state index contributed by atoms with van der Waals surface area (Å²) in [6.07, 6.45) is -1.73. The second-order valence-corrected chi connectivity index (χ2v) is 17.1. The quantitative estimate of drug-likeness (QED) is 0.142. The van der Waals surface area contributed by atoms with Crippen molar-refractivity contribution in [2.24, 2.45) is 23.7 Å². The molecule has 3 saturated heterocycles. The highest BCUT2D eigenvalue weighted by molar-refractivity contribution is 7.99. The van der Waals surface area contributed by atoms with E-state index in [1.807, 2.05) is 52.8 Å². The zero-order chi connectivity index (χ0) is 39.6. The fourth-order valence-corrected chi connectivity index (χ4v) is 9.55. The number of cyclic esters (lactones) is 1. The molecule has 13 atom stereocenters. The van der Waals surface area contributed by atoms with Gasteiger partial charge in [-0.05, 0) is 86.2 Å². The molecule has 3 aliphatic heterocycles. The van der Waals surface area contributed by atoms with Crippen molar-refractivity contribution in [3.63, 3.8) is 0 Å². The molecular weight excluding hydrogens is 704 g/mol. The Morgan fingerprint density at radius 3 is 2.32 bits per heavy atom. The summed E-state index contributed by atoms with van der Waals surface area (Å²) in [5.41, 5.74) is -2.64. The number of amides is 1. The van der Waals surface area contributed by atoms with Gasteiger partial charge in [0.05, 0.1) is 30.1 Å². The van der Waals surface area contributed by atoms with Gasteiger partial charge in [-0.1, -0.05) is 27.7 Å². The van der Waals surface area contributed by atoms with Crippen molar-refractivity contribution in [1.82, 2.24) is 9.80 Å². The zero-order valence-corrected chi connectivity index (χ0v) is 34.4. The SMILES string of the molecule is CC[C@H]1OC(=O)[C@H](C)C(=O)[C@H](C)[C@@H](O[C@@H]2O[C@H](C)C[C@H](N(C)C)[C@H]2O)[C@](C)(OC)C[C@@H](C)C(=O)[C@H](C)[C@H]2N(CCCSc3ccoc3C)C(=O)O[C@]12C. The Balaban J connectivity index is 1.72. The van der Waals surface area contributed by atoms with Gasteiger partial charge in [0.15, 0.2) is 17.7 Å². The Labute approximate surface area is 319 Å². The van der Waals surface area contributed by atoms with E-state index in [0.29, 0.717) is 25.1 Å². The van der Waals surface area contributed by atoms with Gasteiger partial charge in [0.2, 0.25) is 0 Å². The molecule has 1 N–H and O–H groups in total. The van der Waals surface area contributed by atoms with Crippen molar-refractivity contribution < 1.29 is 52.4 Å². The lowest BCUT2D eigenvalue weighted by atomic mass is 9.73. The number of hydrogen-bond donors (Lipinski definition) is 1. The van der Waals surface area contributed by atoms with Gasteiger partial charge in [-0.2, -0.15) is 0 Å². The molecule has 0 unspecified atom stereocenters. The molecule has 1 aromatic heterocycles. The van der Waals surface area contributed by atoms with Crippen LogP contribution >= 0.6 is 11.8 Å². The number of aryl methyl sites for hydroxylation is 1. The first-order valence-corrected chi connectivity index (χ1v) is 19.9. The number of nitrogens with zero attached hydrogens (tertiary/aromatic N) is 2. The third-order valence-corrected chi connectivity index (χ3v) is 13.0. The first-order valence-electron chi connectivity index (χ1n) is 19.0. The smallest absolute Gasteiger partial charge is 0.410 e. The molecule has 13 nitrogen and oxygen atoms in total. The number of carbonyl (C=O) groups is 4. The van der Waals surface area contributed by atoms with Crippen LogP contribution in [0.4, 0.5) is 4.79 Å². The molecule has 0 aliphatic carbocycles. The number of carbonyl (C=O) groups excluding carboxylic acids is 4. The van der Waals surface area contributed by atoms with Gasteiger partial charge in [-0.25, -0.2) is 4.79 Å². The fourth-order valence-electron chi connectivity index (χ4n) is 8.65. The molecule has 14 heteroatoms. The maximum Gasteiger partial charge on any atom is 0.410 e. The molecule has 3 fully saturated rings. The molecule has 0 saturated carbocycles. The first kappa shape index (κ1) is 43.2. The monoisotopic (exact) mass is 766 g/mol. The normalized spacial score (nSPS) is 39.1. The van der Waals surface area contributed by atoms with Gasteiger partial charge in [0.25, 0.3) is 0 Å². The zero-order valence-electron chi connectivity index (χ0n) is 33.6. The van der Waals surface area contributed by atoms with E-state index in [-0.39, 0.29) is 30.8 Å². The minimum Gasteiger partial charge on any atom is -0.468 e. The average molecular weight is 767 g/mol. The lowest BCUT2D eigenvalue weighted by Crippen LogP contribution is -2.60. The number of fused-ring (bicyclic) bond motifs is 1. The van der Waals surface area contributed by atoms with E-state index in [2.05, 4.69) is 0 Å². The summed E-state index contributed by atoms with van der Waals surface area (Å²) >= 11 is 1.62. The molecule has 53 heavy (non-hydrogen) atoms. The minimum atomic E-state index is -1.38. The number of likely N-dealkylation sites (N-methyl/N-ethyl adjacent to an activating group) is 1. The fraction of sp³-hybridized carbons (Fsp3) is 0.795. The molecule has 0 spiro atoms. The molecule has 1 aromatic rings. The molecule has 0 aromatic carbocycles. The van der Waals surface area contributed by atoms with Crippen LogP contribution in [0.15, 0.2) is 21.6 Å². The lowest BCUT2D eigenvalue weighted by Gasteiger charge is -2.47.